The Hall–Kier alpha value is -1.23. The van der Waals surface area contributed by atoms with Gasteiger partial charge in [-0.2, -0.15) is 5.10 Å². The van der Waals surface area contributed by atoms with E-state index in [2.05, 4.69) is 10.00 Å². The van der Waals surface area contributed by atoms with Gasteiger partial charge in [0.1, 0.15) is 5.82 Å². The van der Waals surface area contributed by atoms with Crippen LogP contribution in [-0.2, 0) is 7.05 Å². The minimum absolute atomic E-state index is 0.379. The highest BCUT2D eigenvalue weighted by molar-refractivity contribution is 5.66. The van der Waals surface area contributed by atoms with E-state index in [0.29, 0.717) is 5.92 Å². The summed E-state index contributed by atoms with van der Waals surface area (Å²) in [6, 6.07) is 0. The zero-order valence-electron chi connectivity index (χ0n) is 11.9. The number of anilines is 2. The molecule has 1 saturated heterocycles. The van der Waals surface area contributed by atoms with Gasteiger partial charge in [-0.15, -0.1) is 0 Å². The second-order valence-corrected chi connectivity index (χ2v) is 6.19. The fourth-order valence-corrected chi connectivity index (χ4v) is 3.80. The lowest BCUT2D eigenvalue weighted by Crippen LogP contribution is -2.53. The number of nitrogens with zero attached hydrogens (tertiary/aromatic N) is 3. The van der Waals surface area contributed by atoms with E-state index in [0.717, 1.165) is 49.6 Å². The number of aliphatic hydroxyl groups is 1. The van der Waals surface area contributed by atoms with Crippen LogP contribution in [0.4, 0.5) is 11.5 Å². The van der Waals surface area contributed by atoms with E-state index in [-0.39, 0.29) is 0 Å². The predicted molar refractivity (Wildman–Crippen MR) is 76.1 cm³/mol. The number of nitrogens with two attached hydrogens (primary N) is 1. The molecule has 2 aliphatic rings. The Morgan fingerprint density at radius 3 is 2.84 bits per heavy atom. The maximum atomic E-state index is 10.7. The number of aryl methyl sites for hydroxylation is 2. The molecular formula is C14H24N4O. The molecule has 1 aliphatic heterocycles. The van der Waals surface area contributed by atoms with Gasteiger partial charge in [-0.1, -0.05) is 12.8 Å². The van der Waals surface area contributed by atoms with Gasteiger partial charge in [0.25, 0.3) is 0 Å². The molecule has 2 heterocycles. The number of aromatic nitrogens is 2. The van der Waals surface area contributed by atoms with Crippen LogP contribution in [0.2, 0.25) is 0 Å². The normalized spacial score (nSPS) is 31.3. The van der Waals surface area contributed by atoms with E-state index in [1.165, 1.54) is 12.8 Å². The van der Waals surface area contributed by atoms with Crippen LogP contribution in [0.5, 0.6) is 0 Å². The Morgan fingerprint density at radius 2 is 2.16 bits per heavy atom. The summed E-state index contributed by atoms with van der Waals surface area (Å²) in [5, 5.41) is 15.1. The quantitative estimate of drug-likeness (QED) is 0.805. The summed E-state index contributed by atoms with van der Waals surface area (Å²) in [5.74, 6) is 1.40. The first-order chi connectivity index (χ1) is 9.01. The Bertz CT molecular complexity index is 484. The maximum Gasteiger partial charge on any atom is 0.150 e. The number of nitrogen functional groups attached to an aromatic ring is 1. The van der Waals surface area contributed by atoms with Gasteiger partial charge in [0, 0.05) is 26.1 Å². The molecule has 5 heteroatoms. The van der Waals surface area contributed by atoms with Crippen molar-refractivity contribution in [1.82, 2.24) is 9.78 Å². The first kappa shape index (κ1) is 12.8. The van der Waals surface area contributed by atoms with Crippen molar-refractivity contribution in [2.24, 2.45) is 13.0 Å². The highest BCUT2D eigenvalue weighted by atomic mass is 16.3. The van der Waals surface area contributed by atoms with E-state index >= 15 is 0 Å². The van der Waals surface area contributed by atoms with Crippen molar-refractivity contribution in [1.29, 1.82) is 0 Å². The molecule has 0 amide bonds. The maximum absolute atomic E-state index is 10.7. The van der Waals surface area contributed by atoms with Gasteiger partial charge >= 0.3 is 0 Å². The fraction of sp³-hybridized carbons (Fsp3) is 0.786. The van der Waals surface area contributed by atoms with Gasteiger partial charge in [0.15, 0.2) is 0 Å². The number of rotatable bonds is 1. The van der Waals surface area contributed by atoms with Crippen molar-refractivity contribution in [3.05, 3.63) is 5.69 Å². The molecule has 2 unspecified atom stereocenters. The second-order valence-electron chi connectivity index (χ2n) is 6.19. The van der Waals surface area contributed by atoms with Gasteiger partial charge in [-0.25, -0.2) is 0 Å². The SMILES string of the molecule is Cc1nn(C)c(N2CCC3(O)CCCCC3C2)c1N. The van der Waals surface area contributed by atoms with Gasteiger partial charge in [-0.05, 0) is 26.2 Å². The third kappa shape index (κ3) is 2.00. The topological polar surface area (TPSA) is 67.3 Å². The molecule has 3 rings (SSSR count). The van der Waals surface area contributed by atoms with E-state index in [1.54, 1.807) is 0 Å². The molecule has 1 aromatic rings. The summed E-state index contributed by atoms with van der Waals surface area (Å²) in [5.41, 5.74) is 7.39. The fourth-order valence-electron chi connectivity index (χ4n) is 3.80. The van der Waals surface area contributed by atoms with Crippen LogP contribution < -0.4 is 10.6 Å². The minimum atomic E-state index is -0.433. The van der Waals surface area contributed by atoms with Gasteiger partial charge in [0.05, 0.1) is 17.0 Å². The molecule has 5 nitrogen and oxygen atoms in total. The van der Waals surface area contributed by atoms with Gasteiger partial charge in [-0.3, -0.25) is 4.68 Å². The lowest BCUT2D eigenvalue weighted by atomic mass is 9.71. The molecule has 1 aromatic heterocycles. The lowest BCUT2D eigenvalue weighted by Gasteiger charge is -2.48. The van der Waals surface area contributed by atoms with Crippen molar-refractivity contribution in [3.8, 4) is 0 Å². The van der Waals surface area contributed by atoms with Gasteiger partial charge in [0.2, 0.25) is 0 Å². The molecule has 0 spiro atoms. The summed E-state index contributed by atoms with van der Waals surface area (Å²) < 4.78 is 1.87. The van der Waals surface area contributed by atoms with Crippen LogP contribution in [0.15, 0.2) is 0 Å². The average molecular weight is 264 g/mol. The standard InChI is InChI=1S/C14H24N4O/c1-10-12(15)13(17(2)16-10)18-8-7-14(19)6-4-3-5-11(14)9-18/h11,19H,3-9,15H2,1-2H3. The van der Waals surface area contributed by atoms with Crippen LogP contribution >= 0.6 is 0 Å². The molecule has 0 radical (unpaired) electrons. The Morgan fingerprint density at radius 1 is 1.37 bits per heavy atom. The number of piperidine rings is 1. The summed E-state index contributed by atoms with van der Waals surface area (Å²) >= 11 is 0. The highest BCUT2D eigenvalue weighted by Gasteiger charge is 2.43. The first-order valence-corrected chi connectivity index (χ1v) is 7.28. The summed E-state index contributed by atoms with van der Waals surface area (Å²) in [4.78, 5) is 2.31. The molecule has 106 valence electrons. The summed E-state index contributed by atoms with van der Waals surface area (Å²) in [6.07, 6.45) is 5.34. The molecule has 3 N–H and O–H groups in total. The van der Waals surface area contributed by atoms with Crippen molar-refractivity contribution in [2.75, 3.05) is 23.7 Å². The molecule has 1 aliphatic carbocycles. The van der Waals surface area contributed by atoms with Crippen LogP contribution in [0.1, 0.15) is 37.8 Å². The zero-order chi connectivity index (χ0) is 13.6. The van der Waals surface area contributed by atoms with Gasteiger partial charge < -0.3 is 15.7 Å². The van der Waals surface area contributed by atoms with E-state index in [9.17, 15) is 5.11 Å². The molecular weight excluding hydrogens is 240 g/mol. The number of hydrogen-bond acceptors (Lipinski definition) is 4. The number of fused-ring (bicyclic) bond motifs is 1. The molecule has 2 atom stereocenters. The highest BCUT2D eigenvalue weighted by Crippen LogP contribution is 2.41. The summed E-state index contributed by atoms with van der Waals surface area (Å²) in [7, 11) is 1.94. The predicted octanol–water partition coefficient (Wildman–Crippen LogP) is 1.44. The molecule has 0 bridgehead atoms. The van der Waals surface area contributed by atoms with Crippen molar-refractivity contribution >= 4 is 11.5 Å². The minimum Gasteiger partial charge on any atom is -0.394 e. The monoisotopic (exact) mass is 264 g/mol. The number of hydrogen-bond donors (Lipinski definition) is 2. The van der Waals surface area contributed by atoms with Crippen LogP contribution in [0.3, 0.4) is 0 Å². The van der Waals surface area contributed by atoms with E-state index in [1.807, 2.05) is 18.7 Å². The molecule has 1 saturated carbocycles. The van der Waals surface area contributed by atoms with Crippen LogP contribution in [-0.4, -0.2) is 33.6 Å². The van der Waals surface area contributed by atoms with Crippen molar-refractivity contribution in [2.45, 2.75) is 44.6 Å². The Kier molecular flexibility index (Phi) is 2.96. The Balaban J connectivity index is 1.85. The smallest absolute Gasteiger partial charge is 0.150 e. The lowest BCUT2D eigenvalue weighted by molar-refractivity contribution is -0.0614. The third-order valence-electron chi connectivity index (χ3n) is 4.96. The van der Waals surface area contributed by atoms with E-state index in [4.69, 9.17) is 5.73 Å². The summed E-state index contributed by atoms with van der Waals surface area (Å²) in [6.45, 7) is 3.72. The van der Waals surface area contributed by atoms with Crippen molar-refractivity contribution in [3.63, 3.8) is 0 Å². The largest absolute Gasteiger partial charge is 0.394 e. The van der Waals surface area contributed by atoms with Crippen LogP contribution in [0.25, 0.3) is 0 Å². The Labute approximate surface area is 114 Å². The second kappa shape index (κ2) is 4.40. The van der Waals surface area contributed by atoms with Crippen molar-refractivity contribution < 1.29 is 5.11 Å². The zero-order valence-corrected chi connectivity index (χ0v) is 11.9. The average Bonchev–Trinajstić information content (AvgIpc) is 2.63. The molecule has 2 fully saturated rings. The van der Waals surface area contributed by atoms with Crippen LogP contribution in [0, 0.1) is 12.8 Å². The molecule has 0 aromatic carbocycles. The first-order valence-electron chi connectivity index (χ1n) is 7.28. The van der Waals surface area contributed by atoms with E-state index < -0.39 is 5.60 Å². The third-order valence-corrected chi connectivity index (χ3v) is 4.96. The molecule has 19 heavy (non-hydrogen) atoms.